The van der Waals surface area contributed by atoms with Crippen LogP contribution < -0.4 is 5.56 Å². The molecule has 0 aliphatic rings. The molecule has 0 aliphatic carbocycles. The Morgan fingerprint density at radius 3 is 2.58 bits per heavy atom. The van der Waals surface area contributed by atoms with Crippen LogP contribution in [0.25, 0.3) is 0 Å². The molecule has 0 spiro atoms. The van der Waals surface area contributed by atoms with Crippen molar-refractivity contribution in [3.05, 3.63) is 31.6 Å². The molecule has 0 aliphatic heterocycles. The van der Waals surface area contributed by atoms with Gasteiger partial charge in [0.2, 0.25) is 0 Å². The molecule has 0 fully saturated rings. The lowest BCUT2D eigenvalue weighted by atomic mass is 10.3. The largest absolute Gasteiger partial charge is 0.327 e. The first-order valence-electron chi connectivity index (χ1n) is 2.88. The van der Waals surface area contributed by atoms with Gasteiger partial charge in [0.1, 0.15) is 5.56 Å². The monoisotopic (exact) mass is 257 g/mol. The third-order valence-corrected chi connectivity index (χ3v) is 2.50. The van der Waals surface area contributed by atoms with Crippen LogP contribution in [0.5, 0.6) is 0 Å². The predicted molar refractivity (Wildman–Crippen MR) is 44.7 cm³/mol. The molecule has 1 rings (SSSR count). The number of aromatic nitrogens is 1. The lowest BCUT2D eigenvalue weighted by Gasteiger charge is -2.01. The molecule has 0 radical (unpaired) electrons. The summed E-state index contributed by atoms with van der Waals surface area (Å²) in [5, 5.41) is -0.242. The minimum absolute atomic E-state index is 0.242. The van der Waals surface area contributed by atoms with E-state index in [2.05, 4.69) is 20.9 Å². The van der Waals surface area contributed by atoms with E-state index >= 15 is 0 Å². The summed E-state index contributed by atoms with van der Waals surface area (Å²) in [7, 11) is 0. The summed E-state index contributed by atoms with van der Waals surface area (Å²) in [4.78, 5) is 12.9. The summed E-state index contributed by atoms with van der Waals surface area (Å²) in [5.41, 5.74) is -1.57. The van der Waals surface area contributed by atoms with Gasteiger partial charge >= 0.3 is 0 Å². The maximum atomic E-state index is 12.1. The number of hydrogen-bond acceptors (Lipinski definition) is 1. The van der Waals surface area contributed by atoms with E-state index in [9.17, 15) is 13.6 Å². The number of pyridine rings is 1. The smallest absolute Gasteiger partial charge is 0.270 e. The highest BCUT2D eigenvalue weighted by Crippen LogP contribution is 2.28. The molecular weight excluding hydrogens is 255 g/mol. The highest BCUT2D eigenvalue weighted by atomic mass is 79.9. The molecule has 2 nitrogen and oxygen atoms in total. The summed E-state index contributed by atoms with van der Waals surface area (Å²) in [6, 6.07) is 0. The lowest BCUT2D eigenvalue weighted by molar-refractivity contribution is 0.149. The van der Waals surface area contributed by atoms with Gasteiger partial charge in [0.05, 0.1) is 9.50 Å². The molecule has 66 valence electrons. The van der Waals surface area contributed by atoms with Crippen LogP contribution in [0, 0.1) is 0 Å². The first kappa shape index (κ1) is 9.67. The first-order chi connectivity index (χ1) is 5.54. The van der Waals surface area contributed by atoms with Crippen LogP contribution in [0.2, 0.25) is 5.02 Å². The molecule has 0 bridgehead atoms. The summed E-state index contributed by atoms with van der Waals surface area (Å²) >= 11 is 8.36. The normalized spacial score (nSPS) is 10.8. The molecule has 0 saturated heterocycles. The molecule has 0 atom stereocenters. The predicted octanol–water partition coefficient (Wildman–Crippen LogP) is 2.73. The third kappa shape index (κ3) is 1.67. The summed E-state index contributed by atoms with van der Waals surface area (Å²) in [6.45, 7) is 0. The van der Waals surface area contributed by atoms with E-state index in [1.807, 2.05) is 0 Å². The van der Waals surface area contributed by atoms with Gasteiger partial charge in [-0.3, -0.25) is 4.79 Å². The number of nitrogens with one attached hydrogen (secondary N) is 1. The maximum Gasteiger partial charge on any atom is 0.270 e. The van der Waals surface area contributed by atoms with E-state index in [1.165, 1.54) is 6.20 Å². The van der Waals surface area contributed by atoms with Gasteiger partial charge < -0.3 is 4.98 Å². The fourth-order valence-electron chi connectivity index (χ4n) is 0.693. The fraction of sp³-hybridized carbons (Fsp3) is 0.167. The van der Waals surface area contributed by atoms with Gasteiger partial charge in [-0.1, -0.05) is 11.6 Å². The van der Waals surface area contributed by atoms with Crippen LogP contribution in [0.4, 0.5) is 8.78 Å². The van der Waals surface area contributed by atoms with Crippen molar-refractivity contribution >= 4 is 27.5 Å². The second-order valence-corrected chi connectivity index (χ2v) is 3.23. The zero-order chi connectivity index (χ0) is 9.30. The molecule has 1 aromatic heterocycles. The van der Waals surface area contributed by atoms with Crippen molar-refractivity contribution in [1.29, 1.82) is 0 Å². The fourth-order valence-corrected chi connectivity index (χ4v) is 1.24. The van der Waals surface area contributed by atoms with Gasteiger partial charge in [0.25, 0.3) is 12.0 Å². The molecule has 0 aromatic carbocycles. The number of halogens is 4. The van der Waals surface area contributed by atoms with Crippen LogP contribution >= 0.6 is 27.5 Å². The highest BCUT2D eigenvalue weighted by Gasteiger charge is 2.18. The number of hydrogen-bond donors (Lipinski definition) is 1. The highest BCUT2D eigenvalue weighted by molar-refractivity contribution is 9.10. The molecule has 6 heteroatoms. The van der Waals surface area contributed by atoms with E-state index in [4.69, 9.17) is 11.6 Å². The van der Waals surface area contributed by atoms with Crippen LogP contribution in [-0.2, 0) is 0 Å². The van der Waals surface area contributed by atoms with Gasteiger partial charge in [0, 0.05) is 6.20 Å². The lowest BCUT2D eigenvalue weighted by Crippen LogP contribution is -2.13. The average Bonchev–Trinajstić information content (AvgIpc) is 1.97. The van der Waals surface area contributed by atoms with Crippen LogP contribution in [0.15, 0.2) is 15.5 Å². The van der Waals surface area contributed by atoms with E-state index < -0.39 is 17.5 Å². The molecule has 0 unspecified atom stereocenters. The molecule has 0 amide bonds. The van der Waals surface area contributed by atoms with Crippen molar-refractivity contribution in [2.24, 2.45) is 0 Å². The second-order valence-electron chi connectivity index (χ2n) is 1.99. The minimum Gasteiger partial charge on any atom is -0.327 e. The number of aromatic amines is 1. The van der Waals surface area contributed by atoms with Crippen LogP contribution in [-0.4, -0.2) is 4.98 Å². The molecule has 1 N–H and O–H groups in total. The Balaban J connectivity index is 3.43. The zero-order valence-corrected chi connectivity index (χ0v) is 7.92. The van der Waals surface area contributed by atoms with Crippen molar-refractivity contribution in [3.8, 4) is 0 Å². The van der Waals surface area contributed by atoms with Gasteiger partial charge in [-0.25, -0.2) is 8.78 Å². The van der Waals surface area contributed by atoms with E-state index in [1.54, 1.807) is 0 Å². The average molecular weight is 258 g/mol. The van der Waals surface area contributed by atoms with E-state index in [-0.39, 0.29) is 9.50 Å². The number of rotatable bonds is 1. The van der Waals surface area contributed by atoms with E-state index in [0.717, 1.165) is 0 Å². The summed E-state index contributed by atoms with van der Waals surface area (Å²) in [6.07, 6.45) is -1.64. The van der Waals surface area contributed by atoms with Crippen molar-refractivity contribution in [3.63, 3.8) is 0 Å². The van der Waals surface area contributed by atoms with Gasteiger partial charge in [-0.15, -0.1) is 0 Å². The zero-order valence-electron chi connectivity index (χ0n) is 5.57. The van der Waals surface area contributed by atoms with Crippen molar-refractivity contribution < 1.29 is 8.78 Å². The topological polar surface area (TPSA) is 32.9 Å². The Hall–Kier alpha value is -0.420. The van der Waals surface area contributed by atoms with Crippen molar-refractivity contribution in [2.45, 2.75) is 6.43 Å². The van der Waals surface area contributed by atoms with Crippen LogP contribution in [0.1, 0.15) is 12.0 Å². The SMILES string of the molecule is O=c1[nH]cc(Br)c(Cl)c1C(F)F. The quantitative estimate of drug-likeness (QED) is 0.825. The molecule has 1 aromatic rings. The number of H-pyrrole nitrogens is 1. The van der Waals surface area contributed by atoms with E-state index in [0.29, 0.717) is 0 Å². The standard InChI is InChI=1S/C6H3BrClF2NO/c7-2-1-11-6(12)3(4(2)8)5(9)10/h1,5H,(H,11,12). The Bertz CT molecular complexity index is 352. The first-order valence-corrected chi connectivity index (χ1v) is 4.06. The Labute approximate surface area is 79.7 Å². The number of alkyl halides is 2. The second kappa shape index (κ2) is 3.53. The van der Waals surface area contributed by atoms with Gasteiger partial charge in [0.15, 0.2) is 0 Å². The Morgan fingerprint density at radius 1 is 1.58 bits per heavy atom. The van der Waals surface area contributed by atoms with Crippen LogP contribution in [0.3, 0.4) is 0 Å². The van der Waals surface area contributed by atoms with Crippen molar-refractivity contribution in [2.75, 3.05) is 0 Å². The van der Waals surface area contributed by atoms with Gasteiger partial charge in [-0.05, 0) is 15.9 Å². The summed E-state index contributed by atoms with van der Waals surface area (Å²) < 4.78 is 24.5. The van der Waals surface area contributed by atoms with Gasteiger partial charge in [-0.2, -0.15) is 0 Å². The Morgan fingerprint density at radius 2 is 2.17 bits per heavy atom. The molecular formula is C6H3BrClF2NO. The summed E-state index contributed by atoms with van der Waals surface area (Å²) in [5.74, 6) is 0. The third-order valence-electron chi connectivity index (χ3n) is 1.24. The molecule has 12 heavy (non-hydrogen) atoms. The minimum atomic E-state index is -2.86. The van der Waals surface area contributed by atoms with Crippen molar-refractivity contribution in [1.82, 2.24) is 4.98 Å². The Kier molecular flexibility index (Phi) is 2.85. The molecule has 0 saturated carbocycles. The maximum absolute atomic E-state index is 12.1. The molecule has 1 heterocycles.